The van der Waals surface area contributed by atoms with Gasteiger partial charge in [-0.15, -0.1) is 0 Å². The molecule has 0 aliphatic heterocycles. The fourth-order valence-corrected chi connectivity index (χ4v) is 1.18. The quantitative estimate of drug-likeness (QED) is 0.780. The van der Waals surface area contributed by atoms with Crippen LogP contribution >= 0.6 is 0 Å². The number of rotatable bonds is 3. The SMILES string of the molecule is CC(=O)CCc1cc(C(F)(F)F)nn1C. The van der Waals surface area contributed by atoms with E-state index >= 15 is 0 Å². The Labute approximate surface area is 84.9 Å². The van der Waals surface area contributed by atoms with E-state index in [4.69, 9.17) is 0 Å². The number of carbonyl (C=O) groups is 1. The van der Waals surface area contributed by atoms with E-state index in [0.29, 0.717) is 5.69 Å². The van der Waals surface area contributed by atoms with E-state index in [-0.39, 0.29) is 18.6 Å². The number of Topliss-reactive ketones (excluding diaryl/α,β-unsaturated/α-hetero) is 1. The van der Waals surface area contributed by atoms with Crippen LogP contribution in [0.1, 0.15) is 24.7 Å². The molecule has 84 valence electrons. The van der Waals surface area contributed by atoms with E-state index < -0.39 is 11.9 Å². The zero-order valence-electron chi connectivity index (χ0n) is 8.43. The summed E-state index contributed by atoms with van der Waals surface area (Å²) in [6, 6.07) is 0.975. The number of nitrogens with zero attached hydrogens (tertiary/aromatic N) is 2. The third-order valence-corrected chi connectivity index (χ3v) is 2.00. The van der Waals surface area contributed by atoms with Gasteiger partial charge in [0.15, 0.2) is 5.69 Å². The van der Waals surface area contributed by atoms with Crippen LogP contribution < -0.4 is 0 Å². The third kappa shape index (κ3) is 3.07. The number of halogens is 3. The Morgan fingerprint density at radius 2 is 2.13 bits per heavy atom. The summed E-state index contributed by atoms with van der Waals surface area (Å²) in [5, 5.41) is 3.34. The smallest absolute Gasteiger partial charge is 0.300 e. The van der Waals surface area contributed by atoms with Crippen molar-refractivity contribution in [3.8, 4) is 0 Å². The number of alkyl halides is 3. The van der Waals surface area contributed by atoms with Crippen molar-refractivity contribution in [1.29, 1.82) is 0 Å². The first-order chi connectivity index (χ1) is 6.80. The summed E-state index contributed by atoms with van der Waals surface area (Å²) in [6.45, 7) is 1.40. The zero-order valence-corrected chi connectivity index (χ0v) is 8.43. The van der Waals surface area contributed by atoms with Crippen LogP contribution in [0.3, 0.4) is 0 Å². The van der Waals surface area contributed by atoms with Crippen LogP contribution in [0.2, 0.25) is 0 Å². The Morgan fingerprint density at radius 3 is 2.53 bits per heavy atom. The molecule has 0 N–H and O–H groups in total. The van der Waals surface area contributed by atoms with E-state index in [1.54, 1.807) is 0 Å². The van der Waals surface area contributed by atoms with Gasteiger partial charge < -0.3 is 4.79 Å². The minimum absolute atomic E-state index is 0.0511. The first-order valence-corrected chi connectivity index (χ1v) is 4.40. The lowest BCUT2D eigenvalue weighted by Crippen LogP contribution is -2.06. The largest absolute Gasteiger partial charge is 0.435 e. The highest BCUT2D eigenvalue weighted by molar-refractivity contribution is 5.75. The van der Waals surface area contributed by atoms with Gasteiger partial charge >= 0.3 is 6.18 Å². The number of carbonyl (C=O) groups excluding carboxylic acids is 1. The van der Waals surface area contributed by atoms with Crippen LogP contribution in [0.5, 0.6) is 0 Å². The van der Waals surface area contributed by atoms with Crippen LogP contribution in [-0.2, 0) is 24.4 Å². The summed E-state index contributed by atoms with van der Waals surface area (Å²) in [7, 11) is 1.44. The van der Waals surface area contributed by atoms with E-state index in [0.717, 1.165) is 10.7 Å². The van der Waals surface area contributed by atoms with Crippen molar-refractivity contribution >= 4 is 5.78 Å². The van der Waals surface area contributed by atoms with Crippen LogP contribution in [0, 0.1) is 0 Å². The first-order valence-electron chi connectivity index (χ1n) is 4.40. The molecule has 0 spiro atoms. The molecule has 0 radical (unpaired) electrons. The molecule has 1 aromatic heterocycles. The number of aryl methyl sites for hydroxylation is 2. The molecule has 0 saturated heterocycles. The molecule has 0 aromatic carbocycles. The van der Waals surface area contributed by atoms with Crippen molar-refractivity contribution in [2.75, 3.05) is 0 Å². The second-order valence-corrected chi connectivity index (χ2v) is 3.34. The number of hydrogen-bond acceptors (Lipinski definition) is 2. The zero-order chi connectivity index (χ0) is 11.6. The average Bonchev–Trinajstić information content (AvgIpc) is 2.42. The van der Waals surface area contributed by atoms with Gasteiger partial charge in [-0.3, -0.25) is 4.68 Å². The predicted molar refractivity (Wildman–Crippen MR) is 47.2 cm³/mol. The lowest BCUT2D eigenvalue weighted by molar-refractivity contribution is -0.141. The normalized spacial score (nSPS) is 11.8. The van der Waals surface area contributed by atoms with Crippen molar-refractivity contribution in [3.63, 3.8) is 0 Å². The molecule has 0 amide bonds. The molecule has 15 heavy (non-hydrogen) atoms. The standard InChI is InChI=1S/C9H11F3N2O/c1-6(15)3-4-7-5-8(9(10,11)12)13-14(7)2/h5H,3-4H2,1-2H3. The number of hydrogen-bond donors (Lipinski definition) is 0. The molecule has 0 bridgehead atoms. The Bertz CT molecular complexity index is 368. The molecule has 0 unspecified atom stereocenters. The van der Waals surface area contributed by atoms with Gasteiger partial charge in [-0.2, -0.15) is 18.3 Å². The van der Waals surface area contributed by atoms with Crippen molar-refractivity contribution in [1.82, 2.24) is 9.78 Å². The first kappa shape index (κ1) is 11.7. The maximum Gasteiger partial charge on any atom is 0.435 e. The Kier molecular flexibility index (Phi) is 3.16. The molecule has 0 fully saturated rings. The predicted octanol–water partition coefficient (Wildman–Crippen LogP) is 1.96. The topological polar surface area (TPSA) is 34.9 Å². The molecule has 1 rings (SSSR count). The fourth-order valence-electron chi connectivity index (χ4n) is 1.18. The molecular formula is C9H11F3N2O. The molecule has 6 heteroatoms. The lowest BCUT2D eigenvalue weighted by Gasteiger charge is -1.99. The van der Waals surface area contributed by atoms with Gasteiger partial charge in [0.2, 0.25) is 0 Å². The maximum absolute atomic E-state index is 12.2. The molecule has 0 aliphatic carbocycles. The maximum atomic E-state index is 12.2. The van der Waals surface area contributed by atoms with E-state index in [1.807, 2.05) is 0 Å². The summed E-state index contributed by atoms with van der Waals surface area (Å²) in [5.74, 6) is -0.0511. The second kappa shape index (κ2) is 4.04. The summed E-state index contributed by atoms with van der Waals surface area (Å²) < 4.78 is 37.9. The van der Waals surface area contributed by atoms with Gasteiger partial charge in [-0.25, -0.2) is 0 Å². The van der Waals surface area contributed by atoms with E-state index in [9.17, 15) is 18.0 Å². The Hall–Kier alpha value is -1.33. The van der Waals surface area contributed by atoms with Crippen molar-refractivity contribution < 1.29 is 18.0 Å². The van der Waals surface area contributed by atoms with Crippen molar-refractivity contribution in [2.24, 2.45) is 7.05 Å². The lowest BCUT2D eigenvalue weighted by atomic mass is 10.2. The second-order valence-electron chi connectivity index (χ2n) is 3.34. The van der Waals surface area contributed by atoms with Gasteiger partial charge in [-0.05, 0) is 19.4 Å². The number of ketones is 1. The van der Waals surface area contributed by atoms with Gasteiger partial charge in [0.05, 0.1) is 0 Å². The third-order valence-electron chi connectivity index (χ3n) is 2.00. The minimum Gasteiger partial charge on any atom is -0.300 e. The van der Waals surface area contributed by atoms with Gasteiger partial charge in [0.25, 0.3) is 0 Å². The fraction of sp³-hybridized carbons (Fsp3) is 0.556. The van der Waals surface area contributed by atoms with Crippen LogP contribution in [0.25, 0.3) is 0 Å². The molecular weight excluding hydrogens is 209 g/mol. The monoisotopic (exact) mass is 220 g/mol. The summed E-state index contributed by atoms with van der Waals surface area (Å²) in [5.41, 5.74) is -0.499. The summed E-state index contributed by atoms with van der Waals surface area (Å²) in [6.07, 6.45) is -3.90. The van der Waals surface area contributed by atoms with Gasteiger partial charge in [0, 0.05) is 19.2 Å². The highest BCUT2D eigenvalue weighted by atomic mass is 19.4. The molecule has 1 aromatic rings. The minimum atomic E-state index is -4.42. The summed E-state index contributed by atoms with van der Waals surface area (Å²) in [4.78, 5) is 10.7. The average molecular weight is 220 g/mol. The molecule has 3 nitrogen and oxygen atoms in total. The van der Waals surface area contributed by atoms with Crippen molar-refractivity contribution in [2.45, 2.75) is 25.9 Å². The molecule has 1 heterocycles. The Balaban J connectivity index is 2.82. The Morgan fingerprint density at radius 1 is 1.53 bits per heavy atom. The highest BCUT2D eigenvalue weighted by Gasteiger charge is 2.34. The summed E-state index contributed by atoms with van der Waals surface area (Å²) >= 11 is 0. The van der Waals surface area contributed by atoms with Crippen LogP contribution in [0.4, 0.5) is 13.2 Å². The van der Waals surface area contributed by atoms with Crippen molar-refractivity contribution in [3.05, 3.63) is 17.5 Å². The molecule has 0 saturated carbocycles. The molecule has 0 aliphatic rings. The van der Waals surface area contributed by atoms with Gasteiger partial charge in [-0.1, -0.05) is 0 Å². The highest BCUT2D eigenvalue weighted by Crippen LogP contribution is 2.28. The number of aromatic nitrogens is 2. The van der Waals surface area contributed by atoms with E-state index in [1.165, 1.54) is 14.0 Å². The van der Waals surface area contributed by atoms with Crippen LogP contribution in [-0.4, -0.2) is 15.6 Å². The van der Waals surface area contributed by atoms with Crippen LogP contribution in [0.15, 0.2) is 6.07 Å². The van der Waals surface area contributed by atoms with Gasteiger partial charge in [0.1, 0.15) is 5.78 Å². The molecule has 0 atom stereocenters. The van der Waals surface area contributed by atoms with E-state index in [2.05, 4.69) is 5.10 Å².